The molecule has 0 saturated heterocycles. The van der Waals surface area contributed by atoms with E-state index in [4.69, 9.17) is 9.72 Å². The highest BCUT2D eigenvalue weighted by molar-refractivity contribution is 5.84. The minimum Gasteiger partial charge on any atom is -0.431 e. The standard InChI is InChI=1S/C28H24F3N7O2/c1-28(2,39)26-35-11-16(12-36-26)15-3-4-20-22(9-15)38-14-18-24(34-6-5-23(38)37-20)17(21-13-32-7-8-33-21)10-19(29)25(18)40-27(30)31/h3-4,7-13,27,34,39H,5-6,14H2,1-2H3. The van der Waals surface area contributed by atoms with E-state index < -0.39 is 23.8 Å². The zero-order valence-corrected chi connectivity index (χ0v) is 21.6. The Morgan fingerprint density at radius 1 is 1.05 bits per heavy atom. The Morgan fingerprint density at radius 2 is 1.85 bits per heavy atom. The second kappa shape index (κ2) is 9.87. The molecule has 1 aliphatic rings. The zero-order valence-electron chi connectivity index (χ0n) is 21.6. The number of hydrogen-bond donors (Lipinski definition) is 2. The van der Waals surface area contributed by atoms with E-state index in [2.05, 4.69) is 25.3 Å². The Balaban J connectivity index is 1.50. The lowest BCUT2D eigenvalue weighted by molar-refractivity contribution is -0.0528. The molecule has 4 heterocycles. The van der Waals surface area contributed by atoms with Crippen molar-refractivity contribution in [3.05, 3.63) is 78.3 Å². The first kappa shape index (κ1) is 25.7. The molecule has 0 bridgehead atoms. The summed E-state index contributed by atoms with van der Waals surface area (Å²) in [6.45, 7) is 0.413. The molecule has 0 unspecified atom stereocenters. The molecule has 40 heavy (non-hydrogen) atoms. The molecule has 0 aliphatic carbocycles. The number of benzene rings is 2. The third-order valence-electron chi connectivity index (χ3n) is 6.71. The van der Waals surface area contributed by atoms with Gasteiger partial charge in [0.1, 0.15) is 11.4 Å². The summed E-state index contributed by atoms with van der Waals surface area (Å²) in [5, 5.41) is 13.4. The fourth-order valence-electron chi connectivity index (χ4n) is 4.86. The number of nitrogens with one attached hydrogen (secondary N) is 1. The molecule has 0 fully saturated rings. The van der Waals surface area contributed by atoms with Crippen LogP contribution in [0.4, 0.5) is 18.9 Å². The minimum atomic E-state index is -3.22. The van der Waals surface area contributed by atoms with Gasteiger partial charge in [-0.15, -0.1) is 0 Å². The van der Waals surface area contributed by atoms with Gasteiger partial charge in [0.25, 0.3) is 0 Å². The molecule has 0 atom stereocenters. The lowest BCUT2D eigenvalue weighted by Gasteiger charge is -2.24. The summed E-state index contributed by atoms with van der Waals surface area (Å²) in [5.74, 6) is -0.472. The molecule has 0 radical (unpaired) electrons. The Kier molecular flexibility index (Phi) is 6.34. The van der Waals surface area contributed by atoms with Gasteiger partial charge >= 0.3 is 6.61 Å². The zero-order chi connectivity index (χ0) is 28.0. The minimum absolute atomic E-state index is 0.0127. The number of aromatic nitrogens is 6. The van der Waals surface area contributed by atoms with Crippen molar-refractivity contribution in [2.24, 2.45) is 0 Å². The Labute approximate surface area is 226 Å². The maximum Gasteiger partial charge on any atom is 0.387 e. The molecule has 0 saturated carbocycles. The molecular formula is C28H24F3N7O2. The van der Waals surface area contributed by atoms with Crippen molar-refractivity contribution >= 4 is 16.7 Å². The van der Waals surface area contributed by atoms with E-state index in [1.807, 2.05) is 22.8 Å². The summed E-state index contributed by atoms with van der Waals surface area (Å²) in [4.78, 5) is 21.7. The molecule has 2 aromatic carbocycles. The molecule has 6 rings (SSSR count). The van der Waals surface area contributed by atoms with Crippen LogP contribution in [0.3, 0.4) is 0 Å². The molecule has 3 aromatic heterocycles. The van der Waals surface area contributed by atoms with E-state index in [9.17, 15) is 13.9 Å². The average molecular weight is 548 g/mol. The molecule has 0 amide bonds. The van der Waals surface area contributed by atoms with Crippen LogP contribution in [0.5, 0.6) is 5.75 Å². The van der Waals surface area contributed by atoms with Gasteiger partial charge in [-0.05, 0) is 37.6 Å². The number of rotatable bonds is 5. The van der Waals surface area contributed by atoms with Gasteiger partial charge in [-0.2, -0.15) is 8.78 Å². The molecule has 9 nitrogen and oxygen atoms in total. The van der Waals surface area contributed by atoms with Crippen LogP contribution in [0.15, 0.2) is 55.2 Å². The van der Waals surface area contributed by atoms with Gasteiger partial charge in [-0.1, -0.05) is 6.07 Å². The second-order valence-corrected chi connectivity index (χ2v) is 9.91. The van der Waals surface area contributed by atoms with Crippen LogP contribution in [0.25, 0.3) is 33.4 Å². The number of nitrogens with zero attached hydrogens (tertiary/aromatic N) is 6. The smallest absolute Gasteiger partial charge is 0.387 e. The summed E-state index contributed by atoms with van der Waals surface area (Å²) in [7, 11) is 0. The fourth-order valence-corrected chi connectivity index (χ4v) is 4.86. The molecule has 5 aromatic rings. The first-order valence-corrected chi connectivity index (χ1v) is 12.5. The number of ether oxygens (including phenoxy) is 1. The molecule has 0 spiro atoms. The van der Waals surface area contributed by atoms with Crippen molar-refractivity contribution < 1.29 is 23.0 Å². The van der Waals surface area contributed by atoms with E-state index in [0.717, 1.165) is 22.7 Å². The predicted molar refractivity (Wildman–Crippen MR) is 141 cm³/mol. The molecular weight excluding hydrogens is 523 g/mol. The van der Waals surface area contributed by atoms with Gasteiger partial charge < -0.3 is 19.7 Å². The highest BCUT2D eigenvalue weighted by Crippen LogP contribution is 2.41. The number of fused-ring (bicyclic) bond motifs is 4. The van der Waals surface area contributed by atoms with Crippen LogP contribution < -0.4 is 10.1 Å². The van der Waals surface area contributed by atoms with Crippen molar-refractivity contribution in [2.45, 2.75) is 39.0 Å². The quantitative estimate of drug-likeness (QED) is 0.319. The van der Waals surface area contributed by atoms with E-state index in [1.54, 1.807) is 26.2 Å². The van der Waals surface area contributed by atoms with Crippen molar-refractivity contribution in [2.75, 3.05) is 11.9 Å². The molecule has 2 N–H and O–H groups in total. The van der Waals surface area contributed by atoms with Crippen LogP contribution in [-0.2, 0) is 18.6 Å². The highest BCUT2D eigenvalue weighted by atomic mass is 19.3. The van der Waals surface area contributed by atoms with Gasteiger partial charge in [0.05, 0.1) is 35.2 Å². The topological polar surface area (TPSA) is 111 Å². The van der Waals surface area contributed by atoms with E-state index in [-0.39, 0.29) is 12.1 Å². The fraction of sp³-hybridized carbons (Fsp3) is 0.250. The van der Waals surface area contributed by atoms with Crippen molar-refractivity contribution in [1.82, 2.24) is 29.5 Å². The van der Waals surface area contributed by atoms with Crippen LogP contribution in [-0.4, -0.2) is 47.7 Å². The summed E-state index contributed by atoms with van der Waals surface area (Å²) < 4.78 is 48.8. The van der Waals surface area contributed by atoms with E-state index in [1.165, 1.54) is 18.6 Å². The summed E-state index contributed by atoms with van der Waals surface area (Å²) >= 11 is 0. The number of aliphatic hydroxyl groups is 1. The van der Waals surface area contributed by atoms with Gasteiger partial charge in [-0.3, -0.25) is 9.97 Å². The first-order chi connectivity index (χ1) is 19.2. The molecule has 12 heteroatoms. The van der Waals surface area contributed by atoms with Gasteiger partial charge in [0.15, 0.2) is 17.4 Å². The molecule has 1 aliphatic heterocycles. The highest BCUT2D eigenvalue weighted by Gasteiger charge is 2.27. The first-order valence-electron chi connectivity index (χ1n) is 12.5. The van der Waals surface area contributed by atoms with Crippen molar-refractivity contribution in [1.29, 1.82) is 0 Å². The summed E-state index contributed by atoms with van der Waals surface area (Å²) in [6.07, 6.45) is 8.24. The number of hydrogen-bond acceptors (Lipinski definition) is 8. The third kappa shape index (κ3) is 4.70. The van der Waals surface area contributed by atoms with E-state index in [0.29, 0.717) is 47.1 Å². The average Bonchev–Trinajstić information content (AvgIpc) is 3.25. The maximum absolute atomic E-state index is 15.3. The van der Waals surface area contributed by atoms with Crippen LogP contribution in [0, 0.1) is 5.82 Å². The molecule has 204 valence electrons. The number of imidazole rings is 1. The van der Waals surface area contributed by atoms with Crippen LogP contribution in [0.1, 0.15) is 31.1 Å². The normalized spacial score (nSPS) is 13.4. The lowest BCUT2D eigenvalue weighted by atomic mass is 10.0. The monoisotopic (exact) mass is 547 g/mol. The number of anilines is 1. The lowest BCUT2D eigenvalue weighted by Crippen LogP contribution is -2.20. The maximum atomic E-state index is 15.3. The largest absolute Gasteiger partial charge is 0.431 e. The number of halogens is 3. The van der Waals surface area contributed by atoms with Crippen molar-refractivity contribution in [3.8, 4) is 28.1 Å². The Morgan fingerprint density at radius 3 is 2.55 bits per heavy atom. The van der Waals surface area contributed by atoms with Gasteiger partial charge in [0, 0.05) is 54.4 Å². The van der Waals surface area contributed by atoms with Crippen LogP contribution >= 0.6 is 0 Å². The summed E-state index contributed by atoms with van der Waals surface area (Å²) in [5.41, 5.74) is 3.18. The van der Waals surface area contributed by atoms with Crippen LogP contribution in [0.2, 0.25) is 0 Å². The SMILES string of the molecule is CC(C)(O)c1ncc(-c2ccc3nc4n(c3c2)Cc2c(c(-c3cnccn3)cc(F)c2OC(F)F)NCC4)cn1. The Bertz CT molecular complexity index is 1700. The van der Waals surface area contributed by atoms with Crippen molar-refractivity contribution in [3.63, 3.8) is 0 Å². The van der Waals surface area contributed by atoms with Gasteiger partial charge in [-0.25, -0.2) is 19.3 Å². The number of alkyl halides is 2. The summed E-state index contributed by atoms with van der Waals surface area (Å²) in [6, 6.07) is 6.78. The third-order valence-corrected chi connectivity index (χ3v) is 6.71. The van der Waals surface area contributed by atoms with Gasteiger partial charge in [0.2, 0.25) is 0 Å². The Hall–Kier alpha value is -4.58. The second-order valence-electron chi connectivity index (χ2n) is 9.91. The predicted octanol–water partition coefficient (Wildman–Crippen LogP) is 4.93. The van der Waals surface area contributed by atoms with E-state index >= 15 is 4.39 Å².